The first kappa shape index (κ1) is 14.1. The molecular weight excluding hydrogens is 252 g/mol. The first-order chi connectivity index (χ1) is 9.61. The first-order valence-corrected chi connectivity index (χ1v) is 6.76. The van der Waals surface area contributed by atoms with Crippen molar-refractivity contribution in [3.8, 4) is 0 Å². The van der Waals surface area contributed by atoms with Crippen LogP contribution in [0.15, 0.2) is 30.5 Å². The zero-order chi connectivity index (χ0) is 14.5. The third kappa shape index (κ3) is 3.17. The van der Waals surface area contributed by atoms with Gasteiger partial charge in [0.05, 0.1) is 16.9 Å². The van der Waals surface area contributed by atoms with Crippen LogP contribution < -0.4 is 10.6 Å². The zero-order valence-corrected chi connectivity index (χ0v) is 12.1. The van der Waals surface area contributed by atoms with Crippen LogP contribution in [0.4, 0.5) is 11.4 Å². The molecule has 1 aromatic carbocycles. The van der Waals surface area contributed by atoms with Gasteiger partial charge < -0.3 is 10.6 Å². The lowest BCUT2D eigenvalue weighted by molar-refractivity contribution is 0.102. The van der Waals surface area contributed by atoms with Crippen LogP contribution in [-0.2, 0) is 7.05 Å². The van der Waals surface area contributed by atoms with Crippen molar-refractivity contribution in [1.82, 2.24) is 9.78 Å². The molecular formula is C15H20N4O. The van der Waals surface area contributed by atoms with Gasteiger partial charge in [-0.3, -0.25) is 9.48 Å². The SMILES string of the molecule is CCCNc1ccccc1C(=O)Nc1cn(C)nc1C. The van der Waals surface area contributed by atoms with Gasteiger partial charge in [0.2, 0.25) is 0 Å². The van der Waals surface area contributed by atoms with E-state index >= 15 is 0 Å². The number of carbonyl (C=O) groups is 1. The molecule has 0 saturated heterocycles. The number of hydrogen-bond donors (Lipinski definition) is 2. The van der Waals surface area contributed by atoms with Crippen LogP contribution in [0.1, 0.15) is 29.4 Å². The third-order valence-corrected chi connectivity index (χ3v) is 3.00. The molecule has 20 heavy (non-hydrogen) atoms. The predicted molar refractivity (Wildman–Crippen MR) is 81.1 cm³/mol. The molecule has 0 saturated carbocycles. The van der Waals surface area contributed by atoms with E-state index in [1.807, 2.05) is 38.2 Å². The molecule has 5 heteroatoms. The second kappa shape index (κ2) is 6.23. The van der Waals surface area contributed by atoms with E-state index < -0.39 is 0 Å². The maximum Gasteiger partial charge on any atom is 0.257 e. The van der Waals surface area contributed by atoms with Gasteiger partial charge in [0.15, 0.2) is 0 Å². The summed E-state index contributed by atoms with van der Waals surface area (Å²) in [4.78, 5) is 12.4. The lowest BCUT2D eigenvalue weighted by Gasteiger charge is -2.11. The van der Waals surface area contributed by atoms with E-state index in [-0.39, 0.29) is 5.91 Å². The van der Waals surface area contributed by atoms with Gasteiger partial charge in [-0.2, -0.15) is 5.10 Å². The second-order valence-corrected chi connectivity index (χ2v) is 4.73. The van der Waals surface area contributed by atoms with Crippen molar-refractivity contribution < 1.29 is 4.79 Å². The molecule has 0 bridgehead atoms. The summed E-state index contributed by atoms with van der Waals surface area (Å²) in [5.74, 6) is -0.125. The summed E-state index contributed by atoms with van der Waals surface area (Å²) in [5.41, 5.74) is 3.04. The molecule has 5 nitrogen and oxygen atoms in total. The Morgan fingerprint density at radius 3 is 2.70 bits per heavy atom. The van der Waals surface area contributed by atoms with Gasteiger partial charge in [-0.15, -0.1) is 0 Å². The number of aromatic nitrogens is 2. The van der Waals surface area contributed by atoms with Crippen LogP contribution in [0, 0.1) is 6.92 Å². The average molecular weight is 272 g/mol. The Bertz CT molecular complexity index is 604. The Labute approximate surface area is 119 Å². The van der Waals surface area contributed by atoms with Crippen molar-refractivity contribution in [3.05, 3.63) is 41.7 Å². The van der Waals surface area contributed by atoms with Crippen molar-refractivity contribution >= 4 is 17.3 Å². The number of benzene rings is 1. The maximum atomic E-state index is 12.4. The van der Waals surface area contributed by atoms with Crippen molar-refractivity contribution in [2.24, 2.45) is 7.05 Å². The smallest absolute Gasteiger partial charge is 0.257 e. The molecule has 0 aliphatic rings. The predicted octanol–water partition coefficient (Wildman–Crippen LogP) is 2.80. The van der Waals surface area contributed by atoms with Gasteiger partial charge in [-0.1, -0.05) is 19.1 Å². The molecule has 0 spiro atoms. The first-order valence-electron chi connectivity index (χ1n) is 6.76. The lowest BCUT2D eigenvalue weighted by atomic mass is 10.1. The minimum atomic E-state index is -0.125. The molecule has 2 N–H and O–H groups in total. The second-order valence-electron chi connectivity index (χ2n) is 4.73. The highest BCUT2D eigenvalue weighted by molar-refractivity contribution is 6.08. The van der Waals surface area contributed by atoms with E-state index in [2.05, 4.69) is 22.7 Å². The zero-order valence-electron chi connectivity index (χ0n) is 12.1. The summed E-state index contributed by atoms with van der Waals surface area (Å²) in [6.07, 6.45) is 2.81. The summed E-state index contributed by atoms with van der Waals surface area (Å²) in [5, 5.41) is 10.4. The number of hydrogen-bond acceptors (Lipinski definition) is 3. The Morgan fingerprint density at radius 1 is 1.30 bits per heavy atom. The van der Waals surface area contributed by atoms with Crippen molar-refractivity contribution in [3.63, 3.8) is 0 Å². The fourth-order valence-electron chi connectivity index (χ4n) is 2.01. The van der Waals surface area contributed by atoms with E-state index in [9.17, 15) is 4.79 Å². The molecule has 0 aliphatic heterocycles. The largest absolute Gasteiger partial charge is 0.384 e. The van der Waals surface area contributed by atoms with E-state index in [1.54, 1.807) is 10.9 Å². The monoisotopic (exact) mass is 272 g/mol. The molecule has 106 valence electrons. The summed E-state index contributed by atoms with van der Waals surface area (Å²) < 4.78 is 1.69. The molecule has 1 amide bonds. The van der Waals surface area contributed by atoms with Crippen LogP contribution >= 0.6 is 0 Å². The number of nitrogens with one attached hydrogen (secondary N) is 2. The van der Waals surface area contributed by atoms with Crippen molar-refractivity contribution in [1.29, 1.82) is 0 Å². The highest BCUT2D eigenvalue weighted by atomic mass is 16.1. The van der Waals surface area contributed by atoms with Crippen LogP contribution in [0.3, 0.4) is 0 Å². The third-order valence-electron chi connectivity index (χ3n) is 3.00. The summed E-state index contributed by atoms with van der Waals surface area (Å²) >= 11 is 0. The number of carbonyl (C=O) groups excluding carboxylic acids is 1. The molecule has 0 radical (unpaired) electrons. The van der Waals surface area contributed by atoms with E-state index in [0.29, 0.717) is 5.56 Å². The van der Waals surface area contributed by atoms with Crippen molar-refractivity contribution in [2.75, 3.05) is 17.2 Å². The average Bonchev–Trinajstić information content (AvgIpc) is 2.75. The number of amides is 1. The highest BCUT2D eigenvalue weighted by Gasteiger charge is 2.13. The minimum absolute atomic E-state index is 0.125. The van der Waals surface area contributed by atoms with E-state index in [4.69, 9.17) is 0 Å². The number of aryl methyl sites for hydroxylation is 2. The molecule has 0 atom stereocenters. The standard InChI is InChI=1S/C15H20N4O/c1-4-9-16-13-8-6-5-7-12(13)15(20)17-14-10-19(3)18-11(14)2/h5-8,10,16H,4,9H2,1-3H3,(H,17,20). The van der Waals surface area contributed by atoms with E-state index in [1.165, 1.54) is 0 Å². The van der Waals surface area contributed by atoms with Crippen LogP contribution in [0.2, 0.25) is 0 Å². The number of para-hydroxylation sites is 1. The quantitative estimate of drug-likeness (QED) is 0.880. The van der Waals surface area contributed by atoms with Gasteiger partial charge in [0.1, 0.15) is 0 Å². The van der Waals surface area contributed by atoms with Crippen LogP contribution in [0.25, 0.3) is 0 Å². The molecule has 0 unspecified atom stereocenters. The normalized spacial score (nSPS) is 10.3. The lowest BCUT2D eigenvalue weighted by Crippen LogP contribution is -2.15. The summed E-state index contributed by atoms with van der Waals surface area (Å²) in [6, 6.07) is 7.52. The fraction of sp³-hybridized carbons (Fsp3) is 0.333. The molecule has 0 aliphatic carbocycles. The van der Waals surface area contributed by atoms with E-state index in [0.717, 1.165) is 30.0 Å². The van der Waals surface area contributed by atoms with Crippen LogP contribution in [0.5, 0.6) is 0 Å². The Morgan fingerprint density at radius 2 is 2.05 bits per heavy atom. The number of rotatable bonds is 5. The number of nitrogens with zero attached hydrogens (tertiary/aromatic N) is 2. The fourth-order valence-corrected chi connectivity index (χ4v) is 2.01. The van der Waals surface area contributed by atoms with Crippen molar-refractivity contribution in [2.45, 2.75) is 20.3 Å². The molecule has 2 rings (SSSR count). The molecule has 1 aromatic heterocycles. The Kier molecular flexibility index (Phi) is 4.40. The topological polar surface area (TPSA) is 59.0 Å². The maximum absolute atomic E-state index is 12.4. The Balaban J connectivity index is 2.18. The van der Waals surface area contributed by atoms with Gasteiger partial charge in [0, 0.05) is 25.5 Å². The minimum Gasteiger partial charge on any atom is -0.384 e. The Hall–Kier alpha value is -2.30. The van der Waals surface area contributed by atoms with Gasteiger partial charge in [0.25, 0.3) is 5.91 Å². The molecule has 2 aromatic rings. The summed E-state index contributed by atoms with van der Waals surface area (Å²) in [6.45, 7) is 4.81. The molecule has 0 fully saturated rings. The van der Waals surface area contributed by atoms with Gasteiger partial charge in [-0.25, -0.2) is 0 Å². The van der Waals surface area contributed by atoms with Gasteiger partial charge >= 0.3 is 0 Å². The van der Waals surface area contributed by atoms with Crippen LogP contribution in [-0.4, -0.2) is 22.2 Å². The van der Waals surface area contributed by atoms with Gasteiger partial charge in [-0.05, 0) is 25.5 Å². The highest BCUT2D eigenvalue weighted by Crippen LogP contribution is 2.18. The number of anilines is 2. The molecule has 1 heterocycles. The summed E-state index contributed by atoms with van der Waals surface area (Å²) in [7, 11) is 1.83.